The Morgan fingerprint density at radius 2 is 1.36 bits per heavy atom. The molecular weight excluding hydrogens is 432 g/mol. The predicted octanol–water partition coefficient (Wildman–Crippen LogP) is 7.45. The van der Waals surface area contributed by atoms with E-state index < -0.39 is 0 Å². The largest absolute Gasteiger partial charge is 0.497 e. The molecule has 0 fully saturated rings. The van der Waals surface area contributed by atoms with Crippen molar-refractivity contribution in [2.75, 3.05) is 26.7 Å². The minimum absolute atomic E-state index is 0.466. The third-order valence-electron chi connectivity index (χ3n) is 5.74. The lowest BCUT2D eigenvalue weighted by Gasteiger charge is -2.17. The minimum Gasteiger partial charge on any atom is -0.497 e. The molecule has 0 saturated heterocycles. The molecule has 0 saturated carbocycles. The normalized spacial score (nSPS) is 11.8. The van der Waals surface area contributed by atoms with E-state index in [1.807, 2.05) is 30.3 Å². The van der Waals surface area contributed by atoms with Gasteiger partial charge in [-0.15, -0.1) is 11.6 Å². The van der Waals surface area contributed by atoms with Gasteiger partial charge in [0.15, 0.2) is 0 Å². The molecule has 0 aliphatic rings. The van der Waals surface area contributed by atoms with Crippen LogP contribution in [-0.2, 0) is 0 Å². The molecule has 0 unspecified atom stereocenters. The van der Waals surface area contributed by atoms with Crippen molar-refractivity contribution in [2.24, 2.45) is 0 Å². The molecule has 0 radical (unpaired) electrons. The Morgan fingerprint density at radius 1 is 0.727 bits per heavy atom. The highest BCUT2D eigenvalue weighted by molar-refractivity contribution is 6.18. The van der Waals surface area contributed by atoms with Gasteiger partial charge in [-0.05, 0) is 81.9 Å². The average Bonchev–Trinajstić information content (AvgIpc) is 2.88. The topological polar surface area (TPSA) is 27.7 Å². The summed E-state index contributed by atoms with van der Waals surface area (Å²) >= 11 is 5.75. The second-order valence-corrected chi connectivity index (χ2v) is 8.06. The molecular formula is C29H27ClO3. The van der Waals surface area contributed by atoms with E-state index in [-0.39, 0.29) is 0 Å². The number of rotatable bonds is 8. The molecule has 4 aromatic carbocycles. The molecule has 0 spiro atoms. The maximum absolute atomic E-state index is 5.75. The standard InChI is InChI=1S/C29H27ClO3/c1-20(21-7-13-25(14-8-21)33-18-17-30)29(22-9-11-24(31-2)12-10-22)28-6-4-5-23-19-26(32-3)15-16-27(23)28/h4-16,19H,17-18H2,1-3H3/b29-20+. The zero-order valence-electron chi connectivity index (χ0n) is 19.1. The number of allylic oxidation sites excluding steroid dienone is 1. The van der Waals surface area contributed by atoms with Gasteiger partial charge in [0.25, 0.3) is 0 Å². The number of halogens is 1. The van der Waals surface area contributed by atoms with E-state index in [0.717, 1.165) is 33.8 Å². The van der Waals surface area contributed by atoms with Gasteiger partial charge >= 0.3 is 0 Å². The molecule has 0 amide bonds. The average molecular weight is 459 g/mol. The first-order valence-corrected chi connectivity index (χ1v) is 11.4. The Hall–Kier alpha value is -3.43. The fourth-order valence-electron chi connectivity index (χ4n) is 4.04. The summed E-state index contributed by atoms with van der Waals surface area (Å²) in [5, 5.41) is 2.31. The minimum atomic E-state index is 0.466. The summed E-state index contributed by atoms with van der Waals surface area (Å²) in [5.74, 6) is 2.96. The molecule has 0 aliphatic heterocycles. The number of hydrogen-bond acceptors (Lipinski definition) is 3. The van der Waals surface area contributed by atoms with Gasteiger partial charge in [-0.25, -0.2) is 0 Å². The Kier molecular flexibility index (Phi) is 7.21. The van der Waals surface area contributed by atoms with Gasteiger partial charge in [-0.1, -0.05) is 48.5 Å². The molecule has 0 N–H and O–H groups in total. The van der Waals surface area contributed by atoms with Crippen LogP contribution in [0.2, 0.25) is 0 Å². The lowest BCUT2D eigenvalue weighted by molar-refractivity contribution is 0.343. The third-order valence-corrected chi connectivity index (χ3v) is 5.90. The van der Waals surface area contributed by atoms with Crippen LogP contribution in [0.1, 0.15) is 23.6 Å². The molecule has 4 rings (SSSR count). The van der Waals surface area contributed by atoms with Gasteiger partial charge in [-0.2, -0.15) is 0 Å². The zero-order valence-corrected chi connectivity index (χ0v) is 19.9. The van der Waals surface area contributed by atoms with Crippen LogP contribution in [0.15, 0.2) is 84.9 Å². The quantitative estimate of drug-likeness (QED) is 0.202. The molecule has 0 atom stereocenters. The van der Waals surface area contributed by atoms with Crippen LogP contribution in [0.25, 0.3) is 21.9 Å². The van der Waals surface area contributed by atoms with E-state index in [9.17, 15) is 0 Å². The highest BCUT2D eigenvalue weighted by Crippen LogP contribution is 2.37. The molecule has 3 nitrogen and oxygen atoms in total. The molecule has 33 heavy (non-hydrogen) atoms. The highest BCUT2D eigenvalue weighted by Gasteiger charge is 2.14. The van der Waals surface area contributed by atoms with Gasteiger partial charge in [0, 0.05) is 0 Å². The summed E-state index contributed by atoms with van der Waals surface area (Å²) in [4.78, 5) is 0. The first-order valence-electron chi connectivity index (χ1n) is 10.9. The predicted molar refractivity (Wildman–Crippen MR) is 138 cm³/mol. The van der Waals surface area contributed by atoms with Crippen LogP contribution >= 0.6 is 11.6 Å². The summed E-state index contributed by atoms with van der Waals surface area (Å²) in [6, 6.07) is 29.0. The molecule has 168 valence electrons. The summed E-state index contributed by atoms with van der Waals surface area (Å²) in [6.45, 7) is 2.66. The first-order chi connectivity index (χ1) is 16.1. The van der Waals surface area contributed by atoms with Crippen LogP contribution in [-0.4, -0.2) is 26.7 Å². The second-order valence-electron chi connectivity index (χ2n) is 7.68. The van der Waals surface area contributed by atoms with Crippen molar-refractivity contribution < 1.29 is 14.2 Å². The molecule has 0 aliphatic carbocycles. The third kappa shape index (κ3) is 4.99. The van der Waals surface area contributed by atoms with E-state index in [2.05, 4.69) is 61.5 Å². The summed E-state index contributed by atoms with van der Waals surface area (Å²) < 4.78 is 16.5. The summed E-state index contributed by atoms with van der Waals surface area (Å²) in [6.07, 6.45) is 0. The summed E-state index contributed by atoms with van der Waals surface area (Å²) in [7, 11) is 3.38. The lowest BCUT2D eigenvalue weighted by atomic mass is 9.87. The second kappa shape index (κ2) is 10.5. The van der Waals surface area contributed by atoms with Crippen LogP contribution in [0.4, 0.5) is 0 Å². The summed E-state index contributed by atoms with van der Waals surface area (Å²) in [5.41, 5.74) is 5.76. The maximum Gasteiger partial charge on any atom is 0.119 e. The number of benzene rings is 4. The van der Waals surface area contributed by atoms with Crippen LogP contribution in [0.5, 0.6) is 17.2 Å². The lowest BCUT2D eigenvalue weighted by Crippen LogP contribution is -1.98. The smallest absolute Gasteiger partial charge is 0.119 e. The van der Waals surface area contributed by atoms with E-state index in [1.165, 1.54) is 22.1 Å². The van der Waals surface area contributed by atoms with Crippen LogP contribution in [0.3, 0.4) is 0 Å². The van der Waals surface area contributed by atoms with Crippen molar-refractivity contribution in [1.82, 2.24) is 0 Å². The Balaban J connectivity index is 1.90. The van der Waals surface area contributed by atoms with Crippen LogP contribution < -0.4 is 14.2 Å². The molecule has 0 aromatic heterocycles. The fourth-order valence-corrected chi connectivity index (χ4v) is 4.12. The molecule has 0 heterocycles. The number of ether oxygens (including phenoxy) is 3. The van der Waals surface area contributed by atoms with E-state index in [0.29, 0.717) is 12.5 Å². The van der Waals surface area contributed by atoms with Crippen molar-refractivity contribution in [1.29, 1.82) is 0 Å². The Labute approximate surface area is 200 Å². The first kappa shape index (κ1) is 22.8. The van der Waals surface area contributed by atoms with Gasteiger partial charge in [0.05, 0.1) is 20.1 Å². The molecule has 4 aromatic rings. The van der Waals surface area contributed by atoms with Crippen molar-refractivity contribution >= 4 is 33.5 Å². The van der Waals surface area contributed by atoms with Gasteiger partial charge < -0.3 is 14.2 Å². The van der Waals surface area contributed by atoms with Crippen molar-refractivity contribution in [3.05, 3.63) is 102 Å². The SMILES string of the molecule is COc1ccc(/C(=C(/C)c2ccc(OCCCl)cc2)c2cccc3cc(OC)ccc23)cc1. The molecule has 0 bridgehead atoms. The maximum atomic E-state index is 5.75. The van der Waals surface area contributed by atoms with Gasteiger partial charge in [0.2, 0.25) is 0 Å². The highest BCUT2D eigenvalue weighted by atomic mass is 35.5. The number of hydrogen-bond donors (Lipinski definition) is 0. The Bertz CT molecular complexity index is 1260. The number of fused-ring (bicyclic) bond motifs is 1. The van der Waals surface area contributed by atoms with Crippen molar-refractivity contribution in [3.8, 4) is 17.2 Å². The van der Waals surface area contributed by atoms with E-state index in [1.54, 1.807) is 14.2 Å². The Morgan fingerprint density at radius 3 is 2.03 bits per heavy atom. The monoisotopic (exact) mass is 458 g/mol. The zero-order chi connectivity index (χ0) is 23.2. The van der Waals surface area contributed by atoms with Crippen molar-refractivity contribution in [3.63, 3.8) is 0 Å². The van der Waals surface area contributed by atoms with E-state index >= 15 is 0 Å². The van der Waals surface area contributed by atoms with Gasteiger partial charge in [0.1, 0.15) is 23.9 Å². The van der Waals surface area contributed by atoms with Crippen molar-refractivity contribution in [2.45, 2.75) is 6.92 Å². The number of methoxy groups -OCH3 is 2. The van der Waals surface area contributed by atoms with Crippen LogP contribution in [0, 0.1) is 0 Å². The number of alkyl halides is 1. The fraction of sp³-hybridized carbons (Fsp3) is 0.172. The van der Waals surface area contributed by atoms with E-state index in [4.69, 9.17) is 25.8 Å². The van der Waals surface area contributed by atoms with Gasteiger partial charge in [-0.3, -0.25) is 0 Å². The molecule has 4 heteroatoms.